The fourth-order valence-corrected chi connectivity index (χ4v) is 2.10. The number of hydrogen-bond donors (Lipinski definition) is 0. The quantitative estimate of drug-likeness (QED) is 0.551. The van der Waals surface area contributed by atoms with E-state index in [1.54, 1.807) is 0 Å². The zero-order valence-corrected chi connectivity index (χ0v) is 14.7. The molecule has 0 saturated carbocycles. The van der Waals surface area contributed by atoms with Crippen molar-refractivity contribution in [3.05, 3.63) is 0 Å². The molecular weight excluding hydrogens is 300 g/mol. The van der Waals surface area contributed by atoms with Crippen LogP contribution in [0.15, 0.2) is 0 Å². The van der Waals surface area contributed by atoms with Crippen molar-refractivity contribution >= 4 is 11.9 Å². The van der Waals surface area contributed by atoms with E-state index in [1.165, 1.54) is 0 Å². The molecule has 0 aromatic carbocycles. The summed E-state index contributed by atoms with van der Waals surface area (Å²) in [5, 5.41) is 0. The predicted molar refractivity (Wildman–Crippen MR) is 85.9 cm³/mol. The summed E-state index contributed by atoms with van der Waals surface area (Å²) in [6.45, 7) is 4.50. The first kappa shape index (κ1) is 19.9. The SMILES string of the molecule is CCN(C)CCC(=O)O[C@H]1CC[C@@H](COC(=O)CCN(C)C)O1. The van der Waals surface area contributed by atoms with Crippen LogP contribution >= 0.6 is 0 Å². The number of rotatable bonds is 10. The Bertz CT molecular complexity index is 375. The summed E-state index contributed by atoms with van der Waals surface area (Å²) in [6, 6.07) is 0. The number of carbonyl (C=O) groups excluding carboxylic acids is 2. The molecule has 134 valence electrons. The maximum atomic E-state index is 11.7. The third-order valence-corrected chi connectivity index (χ3v) is 3.76. The molecule has 1 fully saturated rings. The van der Waals surface area contributed by atoms with E-state index in [0.717, 1.165) is 13.0 Å². The standard InChI is InChI=1S/C16H30N2O5/c1-5-18(4)11-9-15(20)23-16-7-6-13(22-16)12-21-14(19)8-10-17(2)3/h13,16H,5-12H2,1-4H3/t13-,16-/m0/s1. The molecule has 0 amide bonds. The molecule has 1 aliphatic heterocycles. The monoisotopic (exact) mass is 330 g/mol. The Morgan fingerprint density at radius 1 is 1.09 bits per heavy atom. The molecule has 0 unspecified atom stereocenters. The van der Waals surface area contributed by atoms with Gasteiger partial charge >= 0.3 is 11.9 Å². The zero-order chi connectivity index (χ0) is 17.2. The van der Waals surface area contributed by atoms with Crippen molar-refractivity contribution in [2.75, 3.05) is 47.4 Å². The molecule has 2 atom stereocenters. The number of nitrogens with zero attached hydrogens (tertiary/aromatic N) is 2. The van der Waals surface area contributed by atoms with Crippen LogP contribution in [0.5, 0.6) is 0 Å². The minimum absolute atomic E-state index is 0.186. The lowest BCUT2D eigenvalue weighted by Gasteiger charge is -2.16. The summed E-state index contributed by atoms with van der Waals surface area (Å²) in [6.07, 6.45) is 1.40. The summed E-state index contributed by atoms with van der Waals surface area (Å²) in [4.78, 5) is 27.2. The van der Waals surface area contributed by atoms with Gasteiger partial charge in [-0.25, -0.2) is 0 Å². The van der Waals surface area contributed by atoms with Gasteiger partial charge in [0.05, 0.1) is 18.9 Å². The van der Waals surface area contributed by atoms with Gasteiger partial charge in [0.2, 0.25) is 6.29 Å². The molecule has 1 aliphatic rings. The fourth-order valence-electron chi connectivity index (χ4n) is 2.10. The molecule has 0 spiro atoms. The molecule has 7 heteroatoms. The summed E-state index contributed by atoms with van der Waals surface area (Å²) in [5.41, 5.74) is 0. The summed E-state index contributed by atoms with van der Waals surface area (Å²) in [5.74, 6) is -0.482. The Hall–Kier alpha value is -1.18. The van der Waals surface area contributed by atoms with Crippen molar-refractivity contribution < 1.29 is 23.8 Å². The van der Waals surface area contributed by atoms with Crippen LogP contribution in [0, 0.1) is 0 Å². The Morgan fingerprint density at radius 3 is 2.43 bits per heavy atom. The van der Waals surface area contributed by atoms with E-state index in [0.29, 0.717) is 32.4 Å². The van der Waals surface area contributed by atoms with Crippen molar-refractivity contribution in [3.63, 3.8) is 0 Å². The summed E-state index contributed by atoms with van der Waals surface area (Å²) < 4.78 is 16.1. The molecule has 1 heterocycles. The van der Waals surface area contributed by atoms with Gasteiger partial charge in [-0.3, -0.25) is 9.59 Å². The molecule has 0 radical (unpaired) electrons. The topological polar surface area (TPSA) is 68.3 Å². The van der Waals surface area contributed by atoms with Crippen LogP contribution in [0.2, 0.25) is 0 Å². The van der Waals surface area contributed by atoms with E-state index in [2.05, 4.69) is 0 Å². The van der Waals surface area contributed by atoms with E-state index in [1.807, 2.05) is 37.9 Å². The first-order chi connectivity index (χ1) is 10.9. The summed E-state index contributed by atoms with van der Waals surface area (Å²) in [7, 11) is 5.77. The van der Waals surface area contributed by atoms with Gasteiger partial charge in [0.25, 0.3) is 0 Å². The van der Waals surface area contributed by atoms with Crippen LogP contribution in [0.4, 0.5) is 0 Å². The Morgan fingerprint density at radius 2 is 1.78 bits per heavy atom. The van der Waals surface area contributed by atoms with Gasteiger partial charge < -0.3 is 24.0 Å². The molecule has 0 aliphatic carbocycles. The highest BCUT2D eigenvalue weighted by molar-refractivity contribution is 5.70. The molecular formula is C16H30N2O5. The normalized spacial score (nSPS) is 21.0. The highest BCUT2D eigenvalue weighted by atomic mass is 16.7. The molecule has 0 aromatic heterocycles. The predicted octanol–water partition coefficient (Wildman–Crippen LogP) is 0.871. The fraction of sp³-hybridized carbons (Fsp3) is 0.875. The van der Waals surface area contributed by atoms with Gasteiger partial charge in [-0.05, 0) is 34.1 Å². The minimum atomic E-state index is -0.514. The second kappa shape index (κ2) is 10.6. The lowest BCUT2D eigenvalue weighted by molar-refractivity contribution is -0.180. The van der Waals surface area contributed by atoms with Gasteiger partial charge in [0, 0.05) is 19.5 Å². The highest BCUT2D eigenvalue weighted by Crippen LogP contribution is 2.21. The van der Waals surface area contributed by atoms with Gasteiger partial charge in [-0.2, -0.15) is 0 Å². The van der Waals surface area contributed by atoms with E-state index in [-0.39, 0.29) is 24.6 Å². The number of hydrogen-bond acceptors (Lipinski definition) is 7. The third kappa shape index (κ3) is 8.88. The zero-order valence-electron chi connectivity index (χ0n) is 14.7. The second-order valence-corrected chi connectivity index (χ2v) is 6.14. The van der Waals surface area contributed by atoms with E-state index in [4.69, 9.17) is 14.2 Å². The van der Waals surface area contributed by atoms with Crippen LogP contribution in [-0.4, -0.2) is 81.5 Å². The van der Waals surface area contributed by atoms with Gasteiger partial charge in [0.1, 0.15) is 6.61 Å². The average molecular weight is 330 g/mol. The Kier molecular flexibility index (Phi) is 9.13. The molecule has 1 rings (SSSR count). The largest absolute Gasteiger partial charge is 0.463 e. The smallest absolute Gasteiger partial charge is 0.309 e. The molecule has 1 saturated heterocycles. The number of esters is 2. The Balaban J connectivity index is 2.15. The lowest BCUT2D eigenvalue weighted by atomic mass is 10.2. The van der Waals surface area contributed by atoms with Crippen molar-refractivity contribution in [1.29, 1.82) is 0 Å². The van der Waals surface area contributed by atoms with E-state index in [9.17, 15) is 9.59 Å². The van der Waals surface area contributed by atoms with Crippen LogP contribution in [0.3, 0.4) is 0 Å². The van der Waals surface area contributed by atoms with Crippen molar-refractivity contribution in [3.8, 4) is 0 Å². The van der Waals surface area contributed by atoms with Crippen LogP contribution in [-0.2, 0) is 23.8 Å². The van der Waals surface area contributed by atoms with Crippen LogP contribution in [0.25, 0.3) is 0 Å². The van der Waals surface area contributed by atoms with Crippen LogP contribution in [0.1, 0.15) is 32.6 Å². The molecule has 0 bridgehead atoms. The highest BCUT2D eigenvalue weighted by Gasteiger charge is 2.29. The maximum Gasteiger partial charge on any atom is 0.309 e. The molecule has 7 nitrogen and oxygen atoms in total. The number of carbonyl (C=O) groups is 2. The van der Waals surface area contributed by atoms with E-state index >= 15 is 0 Å². The van der Waals surface area contributed by atoms with Crippen molar-refractivity contribution in [1.82, 2.24) is 9.80 Å². The molecule has 23 heavy (non-hydrogen) atoms. The Labute approximate surface area is 138 Å². The molecule has 0 aromatic rings. The minimum Gasteiger partial charge on any atom is -0.463 e. The number of ether oxygens (including phenoxy) is 3. The van der Waals surface area contributed by atoms with Crippen molar-refractivity contribution in [2.24, 2.45) is 0 Å². The maximum absolute atomic E-state index is 11.7. The summed E-state index contributed by atoms with van der Waals surface area (Å²) >= 11 is 0. The second-order valence-electron chi connectivity index (χ2n) is 6.14. The van der Waals surface area contributed by atoms with Gasteiger partial charge in [-0.15, -0.1) is 0 Å². The average Bonchev–Trinajstić information content (AvgIpc) is 2.95. The third-order valence-electron chi connectivity index (χ3n) is 3.76. The van der Waals surface area contributed by atoms with Gasteiger partial charge in [-0.1, -0.05) is 6.92 Å². The first-order valence-corrected chi connectivity index (χ1v) is 8.24. The van der Waals surface area contributed by atoms with Crippen LogP contribution < -0.4 is 0 Å². The first-order valence-electron chi connectivity index (χ1n) is 8.24. The lowest BCUT2D eigenvalue weighted by Crippen LogP contribution is -2.26. The van der Waals surface area contributed by atoms with Crippen molar-refractivity contribution in [2.45, 2.75) is 45.0 Å². The van der Waals surface area contributed by atoms with Gasteiger partial charge in [0.15, 0.2) is 0 Å². The van der Waals surface area contributed by atoms with E-state index < -0.39 is 6.29 Å². The molecule has 0 N–H and O–H groups in total.